The Morgan fingerprint density at radius 1 is 1.30 bits per heavy atom. The molecule has 0 unspecified atom stereocenters. The summed E-state index contributed by atoms with van der Waals surface area (Å²) in [6.45, 7) is -0.702. The summed E-state index contributed by atoms with van der Waals surface area (Å²) in [6, 6.07) is 9.11. The Kier molecular flexibility index (Phi) is 6.36. The van der Waals surface area contributed by atoms with Crippen LogP contribution in [0, 0.1) is 10.1 Å². The first kappa shape index (κ1) is 20.6. The number of methoxy groups -OCH3 is 1. The Morgan fingerprint density at radius 3 is 2.44 bits per heavy atom. The molecule has 27 heavy (non-hydrogen) atoms. The predicted molar refractivity (Wildman–Crippen MR) is 101 cm³/mol. The molecule has 0 aliphatic rings. The van der Waals surface area contributed by atoms with Gasteiger partial charge in [-0.15, -0.1) is 0 Å². The Labute approximate surface area is 163 Å². The van der Waals surface area contributed by atoms with Gasteiger partial charge in [0.05, 0.1) is 16.9 Å². The molecule has 0 atom stereocenters. The summed E-state index contributed by atoms with van der Waals surface area (Å²) < 4.78 is 32.7. The molecule has 0 radical (unpaired) electrons. The van der Waals surface area contributed by atoms with Crippen molar-refractivity contribution in [3.8, 4) is 5.75 Å². The van der Waals surface area contributed by atoms with E-state index in [0.717, 1.165) is 12.1 Å². The number of hydrazine groups is 1. The van der Waals surface area contributed by atoms with Gasteiger partial charge in [0.1, 0.15) is 18.0 Å². The second kappa shape index (κ2) is 8.33. The number of nitrogens with zero attached hydrogens (tertiary/aromatic N) is 2. The number of hydrogen-bond acceptors (Lipinski definition) is 7. The van der Waals surface area contributed by atoms with Gasteiger partial charge in [0.25, 0.3) is 21.6 Å². The quantitative estimate of drug-likeness (QED) is 0.277. The standard InChI is InChI=1S/C15H15BrN4O6S/c1-26-14-7-4-11(20(22)23)8-13(14)19(9-15(21)18-17)27(24,25)12-5-2-10(16)3-6-12/h2-8H,9,17H2,1H3,(H,18,21). The Morgan fingerprint density at radius 2 is 1.93 bits per heavy atom. The fourth-order valence-electron chi connectivity index (χ4n) is 2.20. The summed E-state index contributed by atoms with van der Waals surface area (Å²) in [5.74, 6) is 4.30. The van der Waals surface area contributed by atoms with Crippen molar-refractivity contribution in [2.45, 2.75) is 4.90 Å². The van der Waals surface area contributed by atoms with Crippen molar-refractivity contribution in [2.75, 3.05) is 18.0 Å². The van der Waals surface area contributed by atoms with Crippen LogP contribution in [0.1, 0.15) is 0 Å². The molecule has 2 rings (SSSR count). The van der Waals surface area contributed by atoms with Gasteiger partial charge in [0, 0.05) is 16.6 Å². The molecular formula is C15H15BrN4O6S. The van der Waals surface area contributed by atoms with E-state index in [-0.39, 0.29) is 22.0 Å². The number of nitro groups is 1. The fraction of sp³-hybridized carbons (Fsp3) is 0.133. The second-order valence-corrected chi connectivity index (χ2v) is 7.92. The van der Waals surface area contributed by atoms with E-state index >= 15 is 0 Å². The largest absolute Gasteiger partial charge is 0.495 e. The molecule has 0 bridgehead atoms. The molecule has 0 heterocycles. The van der Waals surface area contributed by atoms with E-state index in [0.29, 0.717) is 8.78 Å². The van der Waals surface area contributed by atoms with Crippen LogP contribution in [-0.2, 0) is 14.8 Å². The zero-order chi connectivity index (χ0) is 20.2. The summed E-state index contributed by atoms with van der Waals surface area (Å²) in [5, 5.41) is 11.1. The number of nitrogens with one attached hydrogen (secondary N) is 1. The normalized spacial score (nSPS) is 10.9. The number of amides is 1. The highest BCUT2D eigenvalue weighted by atomic mass is 79.9. The molecule has 0 aromatic heterocycles. The van der Waals surface area contributed by atoms with Gasteiger partial charge < -0.3 is 4.74 Å². The SMILES string of the molecule is COc1ccc([N+](=O)[O-])cc1N(CC(=O)NN)S(=O)(=O)c1ccc(Br)cc1. The van der Waals surface area contributed by atoms with Crippen molar-refractivity contribution in [3.63, 3.8) is 0 Å². The maximum Gasteiger partial charge on any atom is 0.271 e. The van der Waals surface area contributed by atoms with E-state index in [1.165, 1.54) is 37.4 Å². The minimum absolute atomic E-state index is 0.0334. The minimum Gasteiger partial charge on any atom is -0.495 e. The number of nitrogens with two attached hydrogens (primary N) is 1. The number of ether oxygens (including phenoxy) is 1. The fourth-order valence-corrected chi connectivity index (χ4v) is 3.88. The number of anilines is 1. The molecule has 2 aromatic rings. The molecule has 0 spiro atoms. The van der Waals surface area contributed by atoms with Gasteiger partial charge in [0.2, 0.25) is 0 Å². The lowest BCUT2D eigenvalue weighted by Crippen LogP contribution is -2.43. The van der Waals surface area contributed by atoms with E-state index in [1.54, 1.807) is 0 Å². The number of sulfonamides is 1. The monoisotopic (exact) mass is 458 g/mol. The highest BCUT2D eigenvalue weighted by Crippen LogP contribution is 2.35. The number of carbonyl (C=O) groups excluding carboxylic acids is 1. The van der Waals surface area contributed by atoms with Gasteiger partial charge in [-0.25, -0.2) is 14.3 Å². The van der Waals surface area contributed by atoms with Crippen LogP contribution in [0.4, 0.5) is 11.4 Å². The Hall–Kier alpha value is -2.70. The van der Waals surface area contributed by atoms with Crippen LogP contribution < -0.4 is 20.3 Å². The number of benzene rings is 2. The average Bonchev–Trinajstić information content (AvgIpc) is 2.65. The maximum atomic E-state index is 13.1. The van der Waals surface area contributed by atoms with Gasteiger partial charge in [-0.05, 0) is 30.3 Å². The zero-order valence-electron chi connectivity index (χ0n) is 14.0. The van der Waals surface area contributed by atoms with Crippen LogP contribution in [0.15, 0.2) is 51.8 Å². The molecular weight excluding hydrogens is 444 g/mol. The van der Waals surface area contributed by atoms with E-state index < -0.39 is 27.4 Å². The smallest absolute Gasteiger partial charge is 0.271 e. The van der Waals surface area contributed by atoms with Gasteiger partial charge >= 0.3 is 0 Å². The number of rotatable bonds is 7. The number of nitro benzene ring substituents is 1. The number of carbonyl (C=O) groups is 1. The summed E-state index contributed by atoms with van der Waals surface area (Å²) in [7, 11) is -2.98. The van der Waals surface area contributed by atoms with Crippen LogP contribution in [0.2, 0.25) is 0 Å². The van der Waals surface area contributed by atoms with Crippen molar-refractivity contribution in [1.82, 2.24) is 5.43 Å². The molecule has 3 N–H and O–H groups in total. The van der Waals surface area contributed by atoms with Crippen molar-refractivity contribution in [2.24, 2.45) is 5.84 Å². The molecule has 0 saturated carbocycles. The summed E-state index contributed by atoms with van der Waals surface area (Å²) >= 11 is 3.21. The lowest BCUT2D eigenvalue weighted by Gasteiger charge is -2.25. The Balaban J connectivity index is 2.68. The van der Waals surface area contributed by atoms with Crippen LogP contribution in [0.3, 0.4) is 0 Å². The summed E-state index contributed by atoms with van der Waals surface area (Å²) in [4.78, 5) is 22.1. The van der Waals surface area contributed by atoms with Crippen LogP contribution in [-0.4, -0.2) is 32.9 Å². The average molecular weight is 459 g/mol. The van der Waals surface area contributed by atoms with E-state index in [2.05, 4.69) is 15.9 Å². The number of halogens is 1. The molecule has 144 valence electrons. The Bertz CT molecular complexity index is 965. The van der Waals surface area contributed by atoms with E-state index in [4.69, 9.17) is 10.6 Å². The van der Waals surface area contributed by atoms with E-state index in [9.17, 15) is 23.3 Å². The predicted octanol–water partition coefficient (Wildman–Crippen LogP) is 1.55. The highest BCUT2D eigenvalue weighted by Gasteiger charge is 2.30. The topological polar surface area (TPSA) is 145 Å². The van der Waals surface area contributed by atoms with Crippen LogP contribution in [0.25, 0.3) is 0 Å². The molecule has 0 aliphatic heterocycles. The molecule has 0 saturated heterocycles. The third-order valence-electron chi connectivity index (χ3n) is 3.49. The first-order valence-corrected chi connectivity index (χ1v) is 9.54. The minimum atomic E-state index is -4.26. The van der Waals surface area contributed by atoms with Crippen molar-refractivity contribution >= 4 is 43.2 Å². The molecule has 12 heteroatoms. The van der Waals surface area contributed by atoms with Gasteiger partial charge in [-0.2, -0.15) is 0 Å². The third-order valence-corrected chi connectivity index (χ3v) is 5.79. The van der Waals surface area contributed by atoms with Gasteiger partial charge in [-0.1, -0.05) is 15.9 Å². The van der Waals surface area contributed by atoms with Crippen molar-refractivity contribution in [1.29, 1.82) is 0 Å². The molecule has 10 nitrogen and oxygen atoms in total. The molecule has 2 aromatic carbocycles. The summed E-state index contributed by atoms with van der Waals surface area (Å²) in [6.07, 6.45) is 0. The van der Waals surface area contributed by atoms with Gasteiger partial charge in [-0.3, -0.25) is 24.6 Å². The molecule has 0 fully saturated rings. The number of non-ortho nitro benzene ring substituents is 1. The lowest BCUT2D eigenvalue weighted by molar-refractivity contribution is -0.384. The zero-order valence-corrected chi connectivity index (χ0v) is 16.4. The second-order valence-electron chi connectivity index (χ2n) is 5.15. The first-order valence-electron chi connectivity index (χ1n) is 7.31. The van der Waals surface area contributed by atoms with E-state index in [1.807, 2.05) is 5.43 Å². The van der Waals surface area contributed by atoms with Crippen LogP contribution >= 0.6 is 15.9 Å². The van der Waals surface area contributed by atoms with Crippen molar-refractivity contribution in [3.05, 3.63) is 57.1 Å². The highest BCUT2D eigenvalue weighted by molar-refractivity contribution is 9.10. The van der Waals surface area contributed by atoms with Crippen LogP contribution in [0.5, 0.6) is 5.75 Å². The van der Waals surface area contributed by atoms with Crippen molar-refractivity contribution < 1.29 is 22.9 Å². The lowest BCUT2D eigenvalue weighted by atomic mass is 10.2. The first-order chi connectivity index (χ1) is 12.7. The molecule has 1 amide bonds. The maximum absolute atomic E-state index is 13.1. The third kappa shape index (κ3) is 4.53. The molecule has 0 aliphatic carbocycles. The number of hydrogen-bond donors (Lipinski definition) is 2. The summed E-state index contributed by atoms with van der Waals surface area (Å²) in [5.41, 5.74) is 1.31. The van der Waals surface area contributed by atoms with Gasteiger partial charge in [0.15, 0.2) is 0 Å².